The second kappa shape index (κ2) is 10.4. The SMILES string of the molecule is C[C@H](CCCC(C)(C)O)[C@H]1CC[C@H]2[C@@H]3CC=C4C[C@@H](OS(=O)(=O)[O-])CC[C@]4(C)[C@H]3CC[C@]12C.[Na+]. The molecule has 1 N–H and O–H groups in total. The Morgan fingerprint density at radius 1 is 1.18 bits per heavy atom. The van der Waals surface area contributed by atoms with Crippen molar-refractivity contribution in [3.63, 3.8) is 0 Å². The largest absolute Gasteiger partial charge is 1.00 e. The molecule has 0 aromatic carbocycles. The predicted molar refractivity (Wildman–Crippen MR) is 129 cm³/mol. The fourth-order valence-electron chi connectivity index (χ4n) is 8.91. The van der Waals surface area contributed by atoms with E-state index in [1.165, 1.54) is 37.7 Å². The molecule has 0 aromatic heterocycles. The summed E-state index contributed by atoms with van der Waals surface area (Å²) >= 11 is 0. The average molecular weight is 505 g/mol. The first-order valence-corrected chi connectivity index (χ1v) is 14.6. The first kappa shape index (κ1) is 29.1. The molecule has 7 heteroatoms. The zero-order chi connectivity index (χ0) is 24.2. The Morgan fingerprint density at radius 3 is 2.53 bits per heavy atom. The zero-order valence-corrected chi connectivity index (χ0v) is 25.1. The topological polar surface area (TPSA) is 86.7 Å². The maximum atomic E-state index is 11.1. The summed E-state index contributed by atoms with van der Waals surface area (Å²) in [5.74, 6) is 3.61. The Morgan fingerprint density at radius 2 is 1.88 bits per heavy atom. The van der Waals surface area contributed by atoms with Crippen molar-refractivity contribution in [2.75, 3.05) is 0 Å². The van der Waals surface area contributed by atoms with Crippen LogP contribution in [-0.4, -0.2) is 29.8 Å². The summed E-state index contributed by atoms with van der Waals surface area (Å²) in [6.07, 6.45) is 13.5. The molecule has 3 fully saturated rings. The number of hydrogen-bond acceptors (Lipinski definition) is 5. The Labute approximate surface area is 230 Å². The molecule has 0 aromatic rings. The molecule has 0 spiro atoms. The van der Waals surface area contributed by atoms with Crippen LogP contribution >= 0.6 is 0 Å². The van der Waals surface area contributed by atoms with Gasteiger partial charge in [-0.1, -0.05) is 45.3 Å². The smallest absolute Gasteiger partial charge is 0.726 e. The van der Waals surface area contributed by atoms with E-state index in [4.69, 9.17) is 4.18 Å². The normalized spacial score (nSPS) is 40.9. The fourth-order valence-corrected chi connectivity index (χ4v) is 9.41. The van der Waals surface area contributed by atoms with Crippen LogP contribution in [0.2, 0.25) is 0 Å². The molecule has 4 rings (SSSR count). The third kappa shape index (κ3) is 5.84. The molecule has 0 amide bonds. The summed E-state index contributed by atoms with van der Waals surface area (Å²) < 4.78 is 38.2. The van der Waals surface area contributed by atoms with Crippen LogP contribution in [0.3, 0.4) is 0 Å². The monoisotopic (exact) mass is 504 g/mol. The summed E-state index contributed by atoms with van der Waals surface area (Å²) in [4.78, 5) is 0. The summed E-state index contributed by atoms with van der Waals surface area (Å²) in [6.45, 7) is 11.2. The second-order valence-electron chi connectivity index (χ2n) is 13.0. The van der Waals surface area contributed by atoms with Gasteiger partial charge in [-0.05, 0) is 112 Å². The average Bonchev–Trinajstić information content (AvgIpc) is 3.03. The summed E-state index contributed by atoms with van der Waals surface area (Å²) in [5.41, 5.74) is 1.30. The minimum Gasteiger partial charge on any atom is -0.726 e. The maximum Gasteiger partial charge on any atom is 1.00 e. The van der Waals surface area contributed by atoms with Gasteiger partial charge in [0.25, 0.3) is 0 Å². The second-order valence-corrected chi connectivity index (χ2v) is 14.0. The third-order valence-corrected chi connectivity index (χ3v) is 11.0. The van der Waals surface area contributed by atoms with Crippen LogP contribution in [0.15, 0.2) is 11.6 Å². The molecular formula is C27H45NaO5S. The van der Waals surface area contributed by atoms with E-state index in [0.29, 0.717) is 36.0 Å². The maximum absolute atomic E-state index is 11.1. The third-order valence-electron chi connectivity index (χ3n) is 10.5. The molecule has 8 atom stereocenters. The number of fused-ring (bicyclic) bond motifs is 5. The summed E-state index contributed by atoms with van der Waals surface area (Å²) in [7, 11) is -4.65. The molecule has 4 aliphatic rings. The van der Waals surface area contributed by atoms with Gasteiger partial charge in [-0.2, -0.15) is 0 Å². The molecule has 0 unspecified atom stereocenters. The zero-order valence-electron chi connectivity index (χ0n) is 22.3. The van der Waals surface area contributed by atoms with Crippen LogP contribution < -0.4 is 29.6 Å². The standard InChI is InChI=1S/C27H46O5S.Na/c1-18(7-6-14-25(2,3)28)22-10-11-23-21-9-8-19-17-20(32-33(29,30)31)12-15-26(19,4)24(21)13-16-27(22,23)5;/h8,18,20-24,28H,6-7,9-17H2,1-5H3,(H,29,30,31);/q;+1/p-1/t18-,20+,21+,22-,23+,24+,26+,27-;/m1./s1. The van der Waals surface area contributed by atoms with E-state index < -0.39 is 22.1 Å². The van der Waals surface area contributed by atoms with Crippen LogP contribution in [-0.2, 0) is 14.6 Å². The molecule has 34 heavy (non-hydrogen) atoms. The summed E-state index contributed by atoms with van der Waals surface area (Å²) in [5, 5.41) is 10.1. The van der Waals surface area contributed by atoms with Crippen LogP contribution in [0.1, 0.15) is 105 Å². The Bertz CT molecular complexity index is 865. The van der Waals surface area contributed by atoms with E-state index in [0.717, 1.165) is 37.5 Å². The minimum atomic E-state index is -4.65. The first-order chi connectivity index (χ1) is 15.2. The van der Waals surface area contributed by atoms with Gasteiger partial charge in [0.2, 0.25) is 10.4 Å². The van der Waals surface area contributed by atoms with Gasteiger partial charge >= 0.3 is 29.6 Å². The van der Waals surface area contributed by atoms with E-state index in [1.807, 2.05) is 13.8 Å². The van der Waals surface area contributed by atoms with E-state index in [2.05, 4.69) is 26.8 Å². The molecule has 0 saturated heterocycles. The molecule has 0 heterocycles. The van der Waals surface area contributed by atoms with Crippen molar-refractivity contribution >= 4 is 10.4 Å². The minimum absolute atomic E-state index is 0. The molecule has 190 valence electrons. The van der Waals surface area contributed by atoms with E-state index in [-0.39, 0.29) is 35.0 Å². The Balaban J connectivity index is 0.00000324. The van der Waals surface area contributed by atoms with E-state index in [1.54, 1.807) is 0 Å². The van der Waals surface area contributed by atoms with E-state index >= 15 is 0 Å². The fraction of sp³-hybridized carbons (Fsp3) is 0.926. The van der Waals surface area contributed by atoms with Crippen LogP contribution in [0.4, 0.5) is 0 Å². The molecule has 0 aliphatic heterocycles. The quantitative estimate of drug-likeness (QED) is 0.249. The Kier molecular flexibility index (Phi) is 8.89. The first-order valence-electron chi connectivity index (χ1n) is 13.3. The van der Waals surface area contributed by atoms with Crippen molar-refractivity contribution in [2.45, 2.75) is 117 Å². The molecule has 5 nitrogen and oxygen atoms in total. The molecular weight excluding hydrogens is 459 g/mol. The Hall–Kier alpha value is 0.570. The van der Waals surface area contributed by atoms with Crippen molar-refractivity contribution in [3.05, 3.63) is 11.6 Å². The number of aliphatic hydroxyl groups is 1. The molecule has 0 radical (unpaired) electrons. The van der Waals surface area contributed by atoms with Gasteiger partial charge in [0.15, 0.2) is 0 Å². The van der Waals surface area contributed by atoms with Crippen molar-refractivity contribution in [1.82, 2.24) is 0 Å². The van der Waals surface area contributed by atoms with Crippen molar-refractivity contribution in [1.29, 1.82) is 0 Å². The van der Waals surface area contributed by atoms with Crippen molar-refractivity contribution < 1.29 is 51.8 Å². The predicted octanol–water partition coefficient (Wildman–Crippen LogP) is 2.99. The van der Waals surface area contributed by atoms with Crippen molar-refractivity contribution in [3.8, 4) is 0 Å². The summed E-state index contributed by atoms with van der Waals surface area (Å²) in [6, 6.07) is 0. The molecule has 4 aliphatic carbocycles. The van der Waals surface area contributed by atoms with E-state index in [9.17, 15) is 18.1 Å². The number of allylic oxidation sites excluding steroid dienone is 1. The number of hydrogen-bond donors (Lipinski definition) is 1. The van der Waals surface area contributed by atoms with Gasteiger partial charge < -0.3 is 9.66 Å². The van der Waals surface area contributed by atoms with Gasteiger partial charge in [0.1, 0.15) is 0 Å². The van der Waals surface area contributed by atoms with Crippen molar-refractivity contribution in [2.24, 2.45) is 40.4 Å². The van der Waals surface area contributed by atoms with Gasteiger partial charge in [-0.15, -0.1) is 0 Å². The molecule has 0 bridgehead atoms. The van der Waals surface area contributed by atoms with Gasteiger partial charge in [0, 0.05) is 0 Å². The van der Waals surface area contributed by atoms with Crippen LogP contribution in [0, 0.1) is 40.4 Å². The number of rotatable bonds is 7. The van der Waals surface area contributed by atoms with Gasteiger partial charge in [0.05, 0.1) is 11.7 Å². The van der Waals surface area contributed by atoms with Gasteiger partial charge in [-0.25, -0.2) is 8.42 Å². The van der Waals surface area contributed by atoms with Crippen LogP contribution in [0.5, 0.6) is 0 Å². The van der Waals surface area contributed by atoms with Crippen LogP contribution in [0.25, 0.3) is 0 Å². The van der Waals surface area contributed by atoms with Gasteiger partial charge in [-0.3, -0.25) is 4.18 Å². The molecule has 3 saturated carbocycles.